The first-order valence-corrected chi connectivity index (χ1v) is 35.1. The highest BCUT2D eigenvalue weighted by Gasteiger charge is 2.48. The standard InChI is InChI=1S/C78H124O14/c1-53(2)33-25-21-17-15-19-23-27-41-67(79)87-51-65-69(81)71(83)73(85)75(91-65)89-61-47-59(9)63(77(11,12)49-61)45-43-57(7)39-31-37-55(5)35-29-30-36-56(6)38-32-40-58(8)44-46-64-60(10)48-62(50-78(64,13)14)90-76-74(86)72(84)70(82)66(92-76)52-88-68(80)42-28-24-20-16-18-22-26-34-54(3)4/h29-32,35-40,43-46,53-54,61-62,65-66,69-76,81-86H,15-28,33-34,41-42,47-52H2,1-14H3/b30-29+,37-31+,38-32+,45-43+,46-44+,55-35+,56-36+,57-39+,58-40+/t61-,62-,65-,66-,69-,70-,71?,72?,73?,74?,75-,76-/m1/s1. The zero-order valence-corrected chi connectivity index (χ0v) is 59.1. The molecule has 0 saturated carbocycles. The molecule has 2 fully saturated rings. The maximum atomic E-state index is 12.6. The molecule has 2 heterocycles. The number of hydrogen-bond acceptors (Lipinski definition) is 14. The van der Waals surface area contributed by atoms with Crippen molar-refractivity contribution in [2.45, 2.75) is 312 Å². The Morgan fingerprint density at radius 2 is 0.772 bits per heavy atom. The van der Waals surface area contributed by atoms with E-state index >= 15 is 0 Å². The number of carbonyl (C=O) groups excluding carboxylic acids is 2. The van der Waals surface area contributed by atoms with E-state index in [1.807, 2.05) is 24.3 Å². The second kappa shape index (κ2) is 41.6. The van der Waals surface area contributed by atoms with Crippen molar-refractivity contribution in [2.75, 3.05) is 13.2 Å². The summed E-state index contributed by atoms with van der Waals surface area (Å²) in [4.78, 5) is 25.1. The topological polar surface area (TPSA) is 211 Å². The molecule has 4 aliphatic rings. The molecule has 0 aromatic heterocycles. The number of hydrogen-bond donors (Lipinski definition) is 6. The fourth-order valence-corrected chi connectivity index (χ4v) is 12.9. The minimum Gasteiger partial charge on any atom is -0.463 e. The van der Waals surface area contributed by atoms with Crippen molar-refractivity contribution in [3.05, 3.63) is 130 Å². The Hall–Kier alpha value is -4.32. The number of aliphatic hydroxyl groups is 6. The molecule has 0 radical (unpaired) electrons. The number of aliphatic hydroxyl groups excluding tert-OH is 6. The molecule has 12 atom stereocenters. The van der Waals surface area contributed by atoms with Crippen molar-refractivity contribution in [1.29, 1.82) is 0 Å². The molecule has 2 aliphatic carbocycles. The smallest absolute Gasteiger partial charge is 0.305 e. The molecule has 4 unspecified atom stereocenters. The Morgan fingerprint density at radius 1 is 0.457 bits per heavy atom. The minimum atomic E-state index is -1.52. The van der Waals surface area contributed by atoms with Gasteiger partial charge in [0.25, 0.3) is 0 Å². The first-order chi connectivity index (χ1) is 43.6. The lowest BCUT2D eigenvalue weighted by Gasteiger charge is -2.43. The molecule has 6 N–H and O–H groups in total. The third kappa shape index (κ3) is 29.4. The molecular formula is C78H124O14. The van der Waals surface area contributed by atoms with E-state index in [0.717, 1.165) is 83.8 Å². The van der Waals surface area contributed by atoms with Crippen LogP contribution in [0.3, 0.4) is 0 Å². The van der Waals surface area contributed by atoms with Gasteiger partial charge < -0.3 is 59.1 Å². The van der Waals surface area contributed by atoms with Crippen LogP contribution in [0.4, 0.5) is 0 Å². The fraction of sp³-hybridized carbons (Fsp3) is 0.692. The number of allylic oxidation sites excluding steroid dienone is 20. The van der Waals surface area contributed by atoms with Crippen molar-refractivity contribution < 1.29 is 68.6 Å². The largest absolute Gasteiger partial charge is 0.463 e. The highest BCUT2D eigenvalue weighted by molar-refractivity contribution is 5.69. The molecule has 92 heavy (non-hydrogen) atoms. The summed E-state index contributed by atoms with van der Waals surface area (Å²) in [6, 6.07) is 0. The van der Waals surface area contributed by atoms with Crippen molar-refractivity contribution in [1.82, 2.24) is 0 Å². The van der Waals surface area contributed by atoms with Crippen LogP contribution >= 0.6 is 0 Å². The van der Waals surface area contributed by atoms with Gasteiger partial charge in [-0.25, -0.2) is 0 Å². The van der Waals surface area contributed by atoms with Gasteiger partial charge in [-0.2, -0.15) is 0 Å². The number of ether oxygens (including phenoxy) is 6. The Kier molecular flexibility index (Phi) is 36.2. The number of carbonyl (C=O) groups is 2. The van der Waals surface area contributed by atoms with E-state index in [0.29, 0.717) is 25.7 Å². The van der Waals surface area contributed by atoms with Gasteiger partial charge in [-0.3, -0.25) is 9.59 Å². The van der Waals surface area contributed by atoms with Crippen LogP contribution in [0.15, 0.2) is 130 Å². The molecule has 0 amide bonds. The van der Waals surface area contributed by atoms with Crippen LogP contribution in [0, 0.1) is 22.7 Å². The van der Waals surface area contributed by atoms with Crippen molar-refractivity contribution in [3.8, 4) is 0 Å². The van der Waals surface area contributed by atoms with E-state index in [2.05, 4.69) is 158 Å². The molecule has 2 aliphatic heterocycles. The SMILES string of the molecule is CC1=C(/C=C/C(C)=C/C=C/C(C)=C/C=C/C=C(C)/C=C/C=C(C)/C=C/C2=C(C)C[C@@H](O[C@@H]3O[C@H](COC(=O)CCCCCCCCCC(C)C)[C@@H](O)C(O)C3O)CC2(C)C)C(C)(C)C[C@H](O[C@@H]2O[C@H](COC(=O)CCCCCCCCCC(C)C)[C@@H](O)C(O)C2O)C1. The van der Waals surface area contributed by atoms with Gasteiger partial charge in [0, 0.05) is 12.8 Å². The molecule has 14 heteroatoms. The summed E-state index contributed by atoms with van der Waals surface area (Å²) < 4.78 is 35.6. The average molecular weight is 1290 g/mol. The number of rotatable bonds is 38. The maximum Gasteiger partial charge on any atom is 0.305 e. The van der Waals surface area contributed by atoms with Crippen LogP contribution in [0.5, 0.6) is 0 Å². The third-order valence-electron chi connectivity index (χ3n) is 18.3. The molecular weight excluding hydrogens is 1160 g/mol. The van der Waals surface area contributed by atoms with Crippen LogP contribution in [0.1, 0.15) is 238 Å². The fourth-order valence-electron chi connectivity index (χ4n) is 12.9. The van der Waals surface area contributed by atoms with Crippen molar-refractivity contribution in [3.63, 3.8) is 0 Å². The van der Waals surface area contributed by atoms with Gasteiger partial charge in [-0.15, -0.1) is 0 Å². The second-order valence-electron chi connectivity index (χ2n) is 29.1. The van der Waals surface area contributed by atoms with Gasteiger partial charge >= 0.3 is 11.9 Å². The highest BCUT2D eigenvalue weighted by Crippen LogP contribution is 2.45. The van der Waals surface area contributed by atoms with Gasteiger partial charge in [0.1, 0.15) is 62.0 Å². The number of esters is 2. The molecule has 0 aromatic carbocycles. The van der Waals surface area contributed by atoms with E-state index in [1.54, 1.807) is 0 Å². The van der Waals surface area contributed by atoms with E-state index in [-0.39, 0.29) is 61.0 Å². The molecule has 2 saturated heterocycles. The lowest BCUT2D eigenvalue weighted by Crippen LogP contribution is -2.60. The van der Waals surface area contributed by atoms with E-state index in [4.69, 9.17) is 28.4 Å². The molecule has 0 aromatic rings. The predicted molar refractivity (Wildman–Crippen MR) is 370 cm³/mol. The first kappa shape index (κ1) is 80.1. The van der Waals surface area contributed by atoms with Crippen LogP contribution in [0.25, 0.3) is 0 Å². The molecule has 4 rings (SSSR count). The summed E-state index contributed by atoms with van der Waals surface area (Å²) in [7, 11) is 0. The van der Waals surface area contributed by atoms with Crippen LogP contribution in [0.2, 0.25) is 0 Å². The Morgan fingerprint density at radius 3 is 1.11 bits per heavy atom. The summed E-state index contributed by atoms with van der Waals surface area (Å²) in [5.74, 6) is 0.754. The molecule has 0 spiro atoms. The van der Waals surface area contributed by atoms with E-state index < -0.39 is 61.4 Å². The van der Waals surface area contributed by atoms with Gasteiger partial charge in [0.05, 0.1) is 12.2 Å². The van der Waals surface area contributed by atoms with E-state index in [9.17, 15) is 40.2 Å². The summed E-state index contributed by atoms with van der Waals surface area (Å²) in [5.41, 5.74) is 8.58. The zero-order chi connectivity index (χ0) is 68.0. The highest BCUT2D eigenvalue weighted by atomic mass is 16.7. The quantitative estimate of drug-likeness (QED) is 0.0193. The Labute approximate surface area is 555 Å². The van der Waals surface area contributed by atoms with Gasteiger partial charge in [0.2, 0.25) is 0 Å². The third-order valence-corrected chi connectivity index (χ3v) is 18.3. The predicted octanol–water partition coefficient (Wildman–Crippen LogP) is 15.6. The van der Waals surface area contributed by atoms with Crippen LogP contribution < -0.4 is 0 Å². The summed E-state index contributed by atoms with van der Waals surface area (Å²) in [6.07, 6.45) is 36.3. The summed E-state index contributed by atoms with van der Waals surface area (Å²) in [6.45, 7) is 29.7. The van der Waals surface area contributed by atoms with Gasteiger partial charge in [0.15, 0.2) is 12.6 Å². The Bertz CT molecular complexity index is 2410. The second-order valence-corrected chi connectivity index (χ2v) is 29.1. The van der Waals surface area contributed by atoms with Crippen molar-refractivity contribution >= 4 is 11.9 Å². The first-order valence-electron chi connectivity index (χ1n) is 35.1. The van der Waals surface area contributed by atoms with Gasteiger partial charge in [-0.05, 0) is 114 Å². The monoisotopic (exact) mass is 1280 g/mol. The lowest BCUT2D eigenvalue weighted by molar-refractivity contribution is -0.313. The van der Waals surface area contributed by atoms with Crippen LogP contribution in [-0.2, 0) is 38.0 Å². The van der Waals surface area contributed by atoms with E-state index in [1.165, 1.54) is 75.4 Å². The van der Waals surface area contributed by atoms with Gasteiger partial charge in [-0.1, -0.05) is 264 Å². The minimum absolute atomic E-state index is 0.238. The number of unbranched alkanes of at least 4 members (excludes halogenated alkanes) is 12. The average Bonchev–Trinajstić information content (AvgIpc) is 0.858. The Balaban J connectivity index is 1.19. The summed E-state index contributed by atoms with van der Waals surface area (Å²) in [5, 5.41) is 64.8. The van der Waals surface area contributed by atoms with Crippen LogP contribution in [-0.4, -0.2) is 129 Å². The zero-order valence-electron chi connectivity index (χ0n) is 59.1. The summed E-state index contributed by atoms with van der Waals surface area (Å²) >= 11 is 0. The van der Waals surface area contributed by atoms with Crippen molar-refractivity contribution in [2.24, 2.45) is 22.7 Å². The molecule has 0 bridgehead atoms. The molecule has 520 valence electrons. The molecule has 14 nitrogen and oxygen atoms in total. The maximum absolute atomic E-state index is 12.6. The lowest BCUT2D eigenvalue weighted by atomic mass is 9.71. The normalized spacial score (nSPS) is 28.0.